The van der Waals surface area contributed by atoms with Crippen LogP contribution in [0.2, 0.25) is 0 Å². The van der Waals surface area contributed by atoms with E-state index in [9.17, 15) is 18.0 Å². The number of likely N-dealkylation sites (tertiary alicyclic amines) is 1. The van der Waals surface area contributed by atoms with Gasteiger partial charge in [0.25, 0.3) is 0 Å². The maximum absolute atomic E-state index is 12.6. The smallest absolute Gasteiger partial charge is 0.416 e. The molecule has 1 amide bonds. The summed E-state index contributed by atoms with van der Waals surface area (Å²) in [6, 6.07) is 5.19. The Morgan fingerprint density at radius 1 is 1.25 bits per heavy atom. The summed E-state index contributed by atoms with van der Waals surface area (Å²) in [6.45, 7) is 3.70. The Bertz CT molecular complexity index is 645. The van der Waals surface area contributed by atoms with Crippen LogP contribution in [0.1, 0.15) is 30.9 Å². The van der Waals surface area contributed by atoms with Crippen LogP contribution in [0.3, 0.4) is 0 Å². The van der Waals surface area contributed by atoms with E-state index in [1.54, 1.807) is 18.9 Å². The molecule has 1 aliphatic rings. The van der Waals surface area contributed by atoms with Gasteiger partial charge in [0.15, 0.2) is 5.96 Å². The van der Waals surface area contributed by atoms with E-state index in [4.69, 9.17) is 4.74 Å². The SMILES string of the molecule is CCOC(=O)N1CCC(NC(=NC)NCc2ccc(C(F)(F)F)cc2)CC1.I. The molecule has 1 aromatic rings. The lowest BCUT2D eigenvalue weighted by Gasteiger charge is -2.32. The van der Waals surface area contributed by atoms with Gasteiger partial charge in [0.2, 0.25) is 0 Å². The second-order valence-electron chi connectivity index (χ2n) is 6.23. The number of aliphatic imine (C=N–C) groups is 1. The minimum atomic E-state index is -4.33. The van der Waals surface area contributed by atoms with Gasteiger partial charge in [-0.25, -0.2) is 4.79 Å². The molecular weight excluding hydrogens is 488 g/mol. The maximum Gasteiger partial charge on any atom is 0.416 e. The lowest BCUT2D eigenvalue weighted by atomic mass is 10.1. The monoisotopic (exact) mass is 514 g/mol. The highest BCUT2D eigenvalue weighted by atomic mass is 127. The third-order valence-corrected chi connectivity index (χ3v) is 4.33. The molecule has 0 bridgehead atoms. The van der Waals surface area contributed by atoms with E-state index in [0.717, 1.165) is 30.5 Å². The van der Waals surface area contributed by atoms with Crippen LogP contribution in [0, 0.1) is 0 Å². The lowest BCUT2D eigenvalue weighted by Crippen LogP contribution is -2.49. The average molecular weight is 514 g/mol. The van der Waals surface area contributed by atoms with Gasteiger partial charge in [-0.2, -0.15) is 13.2 Å². The predicted molar refractivity (Wildman–Crippen MR) is 112 cm³/mol. The zero-order chi connectivity index (χ0) is 19.9. The summed E-state index contributed by atoms with van der Waals surface area (Å²) in [5.41, 5.74) is 0.0604. The summed E-state index contributed by atoms with van der Waals surface area (Å²) in [4.78, 5) is 17.5. The van der Waals surface area contributed by atoms with E-state index in [2.05, 4.69) is 15.6 Å². The van der Waals surface area contributed by atoms with Crippen molar-refractivity contribution in [2.24, 2.45) is 4.99 Å². The van der Waals surface area contributed by atoms with E-state index >= 15 is 0 Å². The molecule has 0 spiro atoms. The lowest BCUT2D eigenvalue weighted by molar-refractivity contribution is -0.137. The van der Waals surface area contributed by atoms with Gasteiger partial charge < -0.3 is 20.3 Å². The van der Waals surface area contributed by atoms with E-state index in [0.29, 0.717) is 32.2 Å². The number of rotatable bonds is 4. The highest BCUT2D eigenvalue weighted by molar-refractivity contribution is 14.0. The number of halogens is 4. The van der Waals surface area contributed by atoms with Gasteiger partial charge in [-0.05, 0) is 37.5 Å². The van der Waals surface area contributed by atoms with Crippen LogP contribution in [-0.4, -0.2) is 49.7 Å². The highest BCUT2D eigenvalue weighted by Crippen LogP contribution is 2.29. The van der Waals surface area contributed by atoms with Gasteiger partial charge in [0.1, 0.15) is 0 Å². The average Bonchev–Trinajstić information content (AvgIpc) is 2.65. The van der Waals surface area contributed by atoms with Crippen LogP contribution in [0.25, 0.3) is 0 Å². The first-order chi connectivity index (χ1) is 12.8. The second kappa shape index (κ2) is 11.3. The summed E-state index contributed by atoms with van der Waals surface area (Å²) in [6.07, 6.45) is -3.09. The van der Waals surface area contributed by atoms with Crippen LogP contribution in [0.4, 0.5) is 18.0 Å². The maximum atomic E-state index is 12.6. The van der Waals surface area contributed by atoms with Gasteiger partial charge in [-0.1, -0.05) is 12.1 Å². The molecule has 2 N–H and O–H groups in total. The molecule has 28 heavy (non-hydrogen) atoms. The first-order valence-corrected chi connectivity index (χ1v) is 8.88. The Morgan fingerprint density at radius 3 is 2.36 bits per heavy atom. The van der Waals surface area contributed by atoms with E-state index in [-0.39, 0.29) is 36.1 Å². The third-order valence-electron chi connectivity index (χ3n) is 4.33. The molecule has 0 atom stereocenters. The summed E-state index contributed by atoms with van der Waals surface area (Å²) in [7, 11) is 1.63. The molecule has 1 aliphatic heterocycles. The minimum Gasteiger partial charge on any atom is -0.450 e. The minimum absolute atomic E-state index is 0. The molecule has 1 saturated heterocycles. The quantitative estimate of drug-likeness (QED) is 0.366. The number of nitrogens with one attached hydrogen (secondary N) is 2. The molecule has 1 aromatic carbocycles. The molecule has 1 heterocycles. The number of guanidine groups is 1. The van der Waals surface area contributed by atoms with Crippen LogP contribution < -0.4 is 10.6 Å². The Hall–Kier alpha value is -1.72. The van der Waals surface area contributed by atoms with Gasteiger partial charge in [-0.3, -0.25) is 4.99 Å². The predicted octanol–water partition coefficient (Wildman–Crippen LogP) is 3.61. The summed E-state index contributed by atoms with van der Waals surface area (Å²) < 4.78 is 42.8. The number of amides is 1. The Labute approximate surface area is 179 Å². The van der Waals surface area contributed by atoms with Gasteiger partial charge in [0, 0.05) is 32.7 Å². The van der Waals surface area contributed by atoms with Crippen LogP contribution in [0.5, 0.6) is 0 Å². The van der Waals surface area contributed by atoms with Crippen molar-refractivity contribution in [3.8, 4) is 0 Å². The van der Waals surface area contributed by atoms with Crippen molar-refractivity contribution in [1.29, 1.82) is 0 Å². The number of hydrogen-bond acceptors (Lipinski definition) is 3. The van der Waals surface area contributed by atoms with Crippen molar-refractivity contribution in [3.63, 3.8) is 0 Å². The van der Waals surface area contributed by atoms with Crippen molar-refractivity contribution in [2.75, 3.05) is 26.7 Å². The van der Waals surface area contributed by atoms with Crippen molar-refractivity contribution < 1.29 is 22.7 Å². The first-order valence-electron chi connectivity index (χ1n) is 8.88. The zero-order valence-electron chi connectivity index (χ0n) is 15.9. The van der Waals surface area contributed by atoms with Crippen molar-refractivity contribution in [1.82, 2.24) is 15.5 Å². The zero-order valence-corrected chi connectivity index (χ0v) is 18.2. The number of carbonyl (C=O) groups is 1. The van der Waals surface area contributed by atoms with Crippen molar-refractivity contribution >= 4 is 36.0 Å². The number of hydrogen-bond donors (Lipinski definition) is 2. The Balaban J connectivity index is 0.00000392. The fourth-order valence-electron chi connectivity index (χ4n) is 2.81. The topological polar surface area (TPSA) is 66.0 Å². The summed E-state index contributed by atoms with van der Waals surface area (Å²) in [5.74, 6) is 0.574. The number of carbonyl (C=O) groups excluding carboxylic acids is 1. The van der Waals surface area contributed by atoms with E-state index in [1.165, 1.54) is 12.1 Å². The van der Waals surface area contributed by atoms with E-state index in [1.807, 2.05) is 0 Å². The molecule has 6 nitrogen and oxygen atoms in total. The molecular formula is C18H26F3IN4O2. The molecule has 2 rings (SSSR count). The van der Waals surface area contributed by atoms with Crippen LogP contribution >= 0.6 is 24.0 Å². The molecule has 158 valence electrons. The Morgan fingerprint density at radius 2 is 1.86 bits per heavy atom. The normalized spacial score (nSPS) is 15.6. The van der Waals surface area contributed by atoms with Gasteiger partial charge in [-0.15, -0.1) is 24.0 Å². The highest BCUT2D eigenvalue weighted by Gasteiger charge is 2.30. The molecule has 0 aliphatic carbocycles. The Kier molecular flexibility index (Phi) is 9.83. The summed E-state index contributed by atoms with van der Waals surface area (Å²) >= 11 is 0. The number of ether oxygens (including phenoxy) is 1. The molecule has 1 fully saturated rings. The number of piperidine rings is 1. The fraction of sp³-hybridized carbons (Fsp3) is 0.556. The number of nitrogens with zero attached hydrogens (tertiary/aromatic N) is 2. The summed E-state index contributed by atoms with van der Waals surface area (Å²) in [5, 5.41) is 6.38. The molecule has 0 aromatic heterocycles. The largest absolute Gasteiger partial charge is 0.450 e. The first kappa shape index (κ1) is 24.3. The van der Waals surface area contributed by atoms with E-state index < -0.39 is 11.7 Å². The molecule has 0 saturated carbocycles. The third kappa shape index (κ3) is 7.36. The molecule has 0 radical (unpaired) electrons. The second-order valence-corrected chi connectivity index (χ2v) is 6.23. The molecule has 10 heteroatoms. The standard InChI is InChI=1S/C18H25F3N4O2.HI/c1-3-27-17(26)25-10-8-15(9-11-25)24-16(22-2)23-12-13-4-6-14(7-5-13)18(19,20)21;/h4-7,15H,3,8-12H2,1-2H3,(H2,22,23,24);1H. The van der Waals surface area contributed by atoms with Crippen molar-refractivity contribution in [3.05, 3.63) is 35.4 Å². The van der Waals surface area contributed by atoms with Crippen LogP contribution in [-0.2, 0) is 17.5 Å². The fourth-order valence-corrected chi connectivity index (χ4v) is 2.81. The van der Waals surface area contributed by atoms with Crippen LogP contribution in [0.15, 0.2) is 29.3 Å². The number of alkyl halides is 3. The van der Waals surface area contributed by atoms with Gasteiger partial charge >= 0.3 is 12.3 Å². The van der Waals surface area contributed by atoms with Crippen molar-refractivity contribution in [2.45, 2.75) is 38.5 Å². The van der Waals surface area contributed by atoms with Gasteiger partial charge in [0.05, 0.1) is 12.2 Å². The molecule has 0 unspecified atom stereocenters. The number of benzene rings is 1.